The van der Waals surface area contributed by atoms with E-state index in [4.69, 9.17) is 15.2 Å². The number of hydrogen-bond donors (Lipinski definition) is 1. The number of primary amides is 1. The number of hydrogen-bond acceptors (Lipinski definition) is 5. The van der Waals surface area contributed by atoms with Crippen LogP contribution in [0.4, 0.5) is 0 Å². The van der Waals surface area contributed by atoms with Gasteiger partial charge in [0.2, 0.25) is 17.7 Å². The van der Waals surface area contributed by atoms with Crippen molar-refractivity contribution in [3.8, 4) is 0 Å². The van der Waals surface area contributed by atoms with Crippen LogP contribution in [0.1, 0.15) is 38.5 Å². The normalized spacial score (nSPS) is 28.2. The zero-order valence-corrected chi connectivity index (χ0v) is 17.1. The van der Waals surface area contributed by atoms with Gasteiger partial charge in [0.1, 0.15) is 0 Å². The molecule has 8 heteroatoms. The first kappa shape index (κ1) is 20.6. The number of carbonyl (C=O) groups is 3. The molecule has 0 radical (unpaired) electrons. The molecule has 0 aromatic carbocycles. The minimum atomic E-state index is -0.271. The van der Waals surface area contributed by atoms with Crippen LogP contribution in [0.25, 0.3) is 0 Å². The van der Waals surface area contributed by atoms with E-state index in [1.165, 1.54) is 0 Å². The molecule has 0 saturated carbocycles. The van der Waals surface area contributed by atoms with E-state index in [1.807, 2.05) is 9.80 Å². The van der Waals surface area contributed by atoms with Crippen LogP contribution >= 0.6 is 0 Å². The smallest absolute Gasteiger partial charge is 0.228 e. The van der Waals surface area contributed by atoms with E-state index in [1.54, 1.807) is 0 Å². The van der Waals surface area contributed by atoms with Crippen molar-refractivity contribution in [2.24, 2.45) is 28.9 Å². The lowest BCUT2D eigenvalue weighted by Gasteiger charge is -2.56. The van der Waals surface area contributed by atoms with Crippen molar-refractivity contribution in [2.75, 3.05) is 52.6 Å². The third-order valence-electron chi connectivity index (χ3n) is 7.44. The molecule has 0 bridgehead atoms. The summed E-state index contributed by atoms with van der Waals surface area (Å²) >= 11 is 0. The monoisotopic (exact) mass is 407 g/mol. The average molecular weight is 408 g/mol. The maximum atomic E-state index is 13.2. The van der Waals surface area contributed by atoms with Crippen molar-refractivity contribution in [2.45, 2.75) is 38.5 Å². The number of nitrogens with two attached hydrogens (primary N) is 1. The Hall–Kier alpha value is -1.67. The summed E-state index contributed by atoms with van der Waals surface area (Å²) in [5.41, 5.74) is 5.26. The average Bonchev–Trinajstić information content (AvgIpc) is 2.72. The molecular formula is C21H33N3O5. The summed E-state index contributed by atoms with van der Waals surface area (Å²) in [5, 5.41) is 0. The molecule has 4 saturated heterocycles. The van der Waals surface area contributed by atoms with E-state index in [0.717, 1.165) is 32.5 Å². The Balaban J connectivity index is 1.33. The Bertz CT molecular complexity index is 634. The fraction of sp³-hybridized carbons (Fsp3) is 0.857. The van der Waals surface area contributed by atoms with Crippen LogP contribution in [0, 0.1) is 23.2 Å². The molecule has 1 unspecified atom stereocenters. The SMILES string of the molecule is NC(=O)C1CCN(C(=O)C2COCCC23CN(C(=O)CC2CCOCC2)C3)CC1. The molecule has 162 valence electrons. The molecule has 0 aromatic rings. The lowest BCUT2D eigenvalue weighted by molar-refractivity contribution is -0.176. The van der Waals surface area contributed by atoms with Crippen molar-refractivity contribution in [3.05, 3.63) is 0 Å². The highest BCUT2D eigenvalue weighted by molar-refractivity contribution is 5.83. The highest BCUT2D eigenvalue weighted by Crippen LogP contribution is 2.45. The molecule has 0 aromatic heterocycles. The van der Waals surface area contributed by atoms with Crippen molar-refractivity contribution >= 4 is 17.7 Å². The predicted octanol–water partition coefficient (Wildman–Crippen LogP) is 0.392. The Kier molecular flexibility index (Phi) is 6.11. The van der Waals surface area contributed by atoms with Gasteiger partial charge in [-0.2, -0.15) is 0 Å². The molecule has 4 aliphatic heterocycles. The second-order valence-corrected chi connectivity index (χ2v) is 9.25. The Morgan fingerprint density at radius 2 is 1.62 bits per heavy atom. The van der Waals surface area contributed by atoms with Crippen molar-refractivity contribution in [3.63, 3.8) is 0 Å². The highest BCUT2D eigenvalue weighted by Gasteiger charge is 2.55. The fourth-order valence-electron chi connectivity index (χ4n) is 5.36. The lowest BCUT2D eigenvalue weighted by Crippen LogP contribution is -2.67. The third kappa shape index (κ3) is 4.28. The first-order valence-corrected chi connectivity index (χ1v) is 11.0. The minimum absolute atomic E-state index is 0.115. The van der Waals surface area contributed by atoms with Gasteiger partial charge in [-0.25, -0.2) is 0 Å². The third-order valence-corrected chi connectivity index (χ3v) is 7.44. The van der Waals surface area contributed by atoms with Gasteiger partial charge >= 0.3 is 0 Å². The molecule has 4 heterocycles. The van der Waals surface area contributed by atoms with Crippen molar-refractivity contribution in [1.29, 1.82) is 0 Å². The molecule has 3 amide bonds. The fourth-order valence-corrected chi connectivity index (χ4v) is 5.36. The van der Waals surface area contributed by atoms with Gasteiger partial charge in [-0.05, 0) is 38.0 Å². The number of nitrogens with zero attached hydrogens (tertiary/aromatic N) is 2. The van der Waals surface area contributed by atoms with Gasteiger partial charge in [0, 0.05) is 63.8 Å². The summed E-state index contributed by atoms with van der Waals surface area (Å²) < 4.78 is 11.0. The van der Waals surface area contributed by atoms with Crippen molar-refractivity contribution < 1.29 is 23.9 Å². The second-order valence-electron chi connectivity index (χ2n) is 9.25. The van der Waals surface area contributed by atoms with Crippen LogP contribution < -0.4 is 5.73 Å². The molecule has 4 rings (SSSR count). The molecule has 8 nitrogen and oxygen atoms in total. The Morgan fingerprint density at radius 1 is 0.931 bits per heavy atom. The van der Waals surface area contributed by atoms with Gasteiger partial charge < -0.3 is 25.0 Å². The van der Waals surface area contributed by atoms with Gasteiger partial charge in [-0.15, -0.1) is 0 Å². The number of carbonyl (C=O) groups excluding carboxylic acids is 3. The maximum absolute atomic E-state index is 13.2. The number of ether oxygens (including phenoxy) is 2. The topological polar surface area (TPSA) is 102 Å². The van der Waals surface area contributed by atoms with Crippen molar-refractivity contribution in [1.82, 2.24) is 9.80 Å². The molecule has 29 heavy (non-hydrogen) atoms. The molecular weight excluding hydrogens is 374 g/mol. The van der Waals surface area contributed by atoms with E-state index in [0.29, 0.717) is 64.6 Å². The maximum Gasteiger partial charge on any atom is 0.228 e. The van der Waals surface area contributed by atoms with Crippen LogP contribution in [-0.4, -0.2) is 80.1 Å². The van der Waals surface area contributed by atoms with Gasteiger partial charge in [-0.1, -0.05) is 0 Å². The Labute approximate surface area is 172 Å². The van der Waals surface area contributed by atoms with Crippen LogP contribution in [0.2, 0.25) is 0 Å². The van der Waals surface area contributed by atoms with E-state index in [-0.39, 0.29) is 35.0 Å². The van der Waals surface area contributed by atoms with Crippen LogP contribution in [0.5, 0.6) is 0 Å². The highest BCUT2D eigenvalue weighted by atomic mass is 16.5. The van der Waals surface area contributed by atoms with E-state index in [2.05, 4.69) is 0 Å². The molecule has 4 fully saturated rings. The van der Waals surface area contributed by atoms with Crippen LogP contribution in [0.15, 0.2) is 0 Å². The van der Waals surface area contributed by atoms with E-state index < -0.39 is 0 Å². The summed E-state index contributed by atoms with van der Waals surface area (Å²) in [6.45, 7) is 5.05. The first-order chi connectivity index (χ1) is 14.0. The second kappa shape index (κ2) is 8.60. The summed E-state index contributed by atoms with van der Waals surface area (Å²) in [4.78, 5) is 41.1. The molecule has 1 atom stereocenters. The standard InChI is InChI=1S/C21H33N3O5/c22-19(26)16-1-6-23(7-2-16)20(27)17-12-29-10-5-21(17)13-24(14-21)18(25)11-15-3-8-28-9-4-15/h15-17H,1-14H2,(H2,22,26). The zero-order valence-electron chi connectivity index (χ0n) is 17.1. The summed E-state index contributed by atoms with van der Waals surface area (Å²) in [5.74, 6) is 0.150. The first-order valence-electron chi connectivity index (χ1n) is 11.0. The minimum Gasteiger partial charge on any atom is -0.381 e. The van der Waals surface area contributed by atoms with Crippen LogP contribution in [0.3, 0.4) is 0 Å². The Morgan fingerprint density at radius 3 is 2.28 bits per heavy atom. The van der Waals surface area contributed by atoms with Gasteiger partial charge in [0.05, 0.1) is 12.5 Å². The summed E-state index contributed by atoms with van der Waals surface area (Å²) in [7, 11) is 0. The van der Waals surface area contributed by atoms with Gasteiger partial charge in [0.15, 0.2) is 0 Å². The van der Waals surface area contributed by atoms with Gasteiger partial charge in [-0.3, -0.25) is 14.4 Å². The summed E-state index contributed by atoms with van der Waals surface area (Å²) in [6, 6.07) is 0. The largest absolute Gasteiger partial charge is 0.381 e. The van der Waals surface area contributed by atoms with Gasteiger partial charge in [0.25, 0.3) is 0 Å². The molecule has 2 N–H and O–H groups in total. The van der Waals surface area contributed by atoms with E-state index >= 15 is 0 Å². The number of piperidine rings is 1. The summed E-state index contributed by atoms with van der Waals surface area (Å²) in [6.07, 6.45) is 4.61. The number of rotatable bonds is 4. The van der Waals surface area contributed by atoms with E-state index in [9.17, 15) is 14.4 Å². The zero-order chi connectivity index (χ0) is 20.4. The molecule has 4 aliphatic rings. The molecule has 1 spiro atoms. The number of likely N-dealkylation sites (tertiary alicyclic amines) is 2. The predicted molar refractivity (Wildman–Crippen MR) is 105 cm³/mol. The number of amides is 3. The quantitative estimate of drug-likeness (QED) is 0.726. The molecule has 0 aliphatic carbocycles. The lowest BCUT2D eigenvalue weighted by atomic mass is 9.65. The van der Waals surface area contributed by atoms with Crippen LogP contribution in [-0.2, 0) is 23.9 Å².